The number of fused-ring (bicyclic) bond motifs is 1. The number of para-hydroxylation sites is 1. The minimum absolute atomic E-state index is 0.171. The highest BCUT2D eigenvalue weighted by molar-refractivity contribution is 8.00. The molecule has 0 saturated carbocycles. The molecule has 2 heterocycles. The van der Waals surface area contributed by atoms with E-state index in [1.54, 1.807) is 0 Å². The van der Waals surface area contributed by atoms with Gasteiger partial charge in [-0.25, -0.2) is 10.9 Å². The number of hydrogen-bond acceptors (Lipinski definition) is 4. The van der Waals surface area contributed by atoms with E-state index >= 15 is 0 Å². The van der Waals surface area contributed by atoms with Crippen LogP contribution in [0.3, 0.4) is 0 Å². The van der Waals surface area contributed by atoms with Gasteiger partial charge in [0.2, 0.25) is 0 Å². The molecule has 1 saturated heterocycles. The lowest BCUT2D eigenvalue weighted by Crippen LogP contribution is -2.37. The molecule has 0 spiro atoms. The van der Waals surface area contributed by atoms with Gasteiger partial charge in [-0.3, -0.25) is 0 Å². The zero-order chi connectivity index (χ0) is 15.6. The number of aromatic nitrogens is 1. The number of rotatable bonds is 4. The maximum atomic E-state index is 3.49. The molecule has 4 rings (SSSR count). The van der Waals surface area contributed by atoms with Crippen molar-refractivity contribution in [3.05, 3.63) is 66.4 Å². The lowest BCUT2D eigenvalue weighted by Gasteiger charge is -2.13. The molecule has 118 valence electrons. The van der Waals surface area contributed by atoms with Crippen molar-refractivity contribution in [3.8, 4) is 0 Å². The van der Waals surface area contributed by atoms with E-state index in [4.69, 9.17) is 0 Å². The van der Waals surface area contributed by atoms with Gasteiger partial charge in [0.25, 0.3) is 0 Å². The van der Waals surface area contributed by atoms with Crippen molar-refractivity contribution in [2.45, 2.75) is 24.3 Å². The largest absolute Gasteiger partial charge is 0.360 e. The molecule has 2 aromatic carbocycles. The summed E-state index contributed by atoms with van der Waals surface area (Å²) in [6.45, 7) is 3.03. The first-order chi connectivity index (χ1) is 11.3. The molecule has 0 bridgehead atoms. The van der Waals surface area contributed by atoms with Gasteiger partial charge in [0.1, 0.15) is 5.50 Å². The van der Waals surface area contributed by atoms with Crippen molar-refractivity contribution < 1.29 is 0 Å². The number of nitrogens with one attached hydrogen (secondary N) is 3. The van der Waals surface area contributed by atoms with Crippen molar-refractivity contribution in [1.29, 1.82) is 0 Å². The summed E-state index contributed by atoms with van der Waals surface area (Å²) in [6, 6.07) is 19.1. The second-order valence-electron chi connectivity index (χ2n) is 5.83. The maximum Gasteiger partial charge on any atom is 0.139 e. The highest BCUT2D eigenvalue weighted by Crippen LogP contribution is 2.24. The quantitative estimate of drug-likeness (QED) is 0.687. The van der Waals surface area contributed by atoms with Gasteiger partial charge in [0.05, 0.1) is 5.37 Å². The molecule has 3 N–H and O–H groups in total. The second-order valence-corrected chi connectivity index (χ2v) is 7.14. The van der Waals surface area contributed by atoms with Gasteiger partial charge in [-0.15, -0.1) is 0 Å². The van der Waals surface area contributed by atoms with Crippen LogP contribution in [0.1, 0.15) is 5.56 Å². The summed E-state index contributed by atoms with van der Waals surface area (Å²) in [5, 5.41) is 5.11. The predicted octanol–water partition coefficient (Wildman–Crippen LogP) is 3.51. The Morgan fingerprint density at radius 3 is 2.74 bits per heavy atom. The number of thioether (sulfide) groups is 1. The second kappa shape index (κ2) is 6.28. The molecular formula is C18H20N4S. The minimum atomic E-state index is 0.171. The Kier molecular flexibility index (Phi) is 3.99. The number of hydrazine groups is 1. The van der Waals surface area contributed by atoms with Gasteiger partial charge in [0.15, 0.2) is 0 Å². The van der Waals surface area contributed by atoms with Crippen LogP contribution >= 0.6 is 11.8 Å². The third-order valence-electron chi connectivity index (χ3n) is 4.07. The zero-order valence-electron chi connectivity index (χ0n) is 13.0. The van der Waals surface area contributed by atoms with E-state index in [0.29, 0.717) is 5.37 Å². The van der Waals surface area contributed by atoms with Crippen molar-refractivity contribution in [3.63, 3.8) is 0 Å². The lowest BCUT2D eigenvalue weighted by atomic mass is 10.2. The standard InChI is InChI=1S/C18H20N4S/c1-13-6-8-15(9-7-13)19-18-21-20-17(23-18)12-22-11-10-14-4-2-3-5-16(14)22/h2-11,17-21H,12H2,1H3. The van der Waals surface area contributed by atoms with Crippen LogP contribution in [0.15, 0.2) is 60.8 Å². The van der Waals surface area contributed by atoms with E-state index in [9.17, 15) is 0 Å². The van der Waals surface area contributed by atoms with E-state index < -0.39 is 0 Å². The zero-order valence-corrected chi connectivity index (χ0v) is 13.8. The van der Waals surface area contributed by atoms with Crippen LogP contribution in [0.25, 0.3) is 10.9 Å². The monoisotopic (exact) mass is 324 g/mol. The molecule has 1 aliphatic rings. The first kappa shape index (κ1) is 14.6. The van der Waals surface area contributed by atoms with Crippen LogP contribution in [0, 0.1) is 6.92 Å². The Labute approximate surface area is 140 Å². The molecule has 5 heteroatoms. The normalized spacial score (nSPS) is 20.9. The van der Waals surface area contributed by atoms with Crippen LogP contribution in [0.4, 0.5) is 5.69 Å². The van der Waals surface area contributed by atoms with Crippen LogP contribution in [-0.4, -0.2) is 15.4 Å². The molecule has 2 atom stereocenters. The highest BCUT2D eigenvalue weighted by atomic mass is 32.2. The topological polar surface area (TPSA) is 41.0 Å². The van der Waals surface area contributed by atoms with Crippen LogP contribution in [-0.2, 0) is 6.54 Å². The Balaban J connectivity index is 1.39. The molecule has 1 aliphatic heterocycles. The van der Waals surface area contributed by atoms with Gasteiger partial charge in [-0.2, -0.15) is 0 Å². The van der Waals surface area contributed by atoms with Crippen LogP contribution in [0.5, 0.6) is 0 Å². The SMILES string of the molecule is Cc1ccc(NC2NNC(Cn3ccc4ccccc43)S2)cc1. The predicted molar refractivity (Wildman–Crippen MR) is 98.2 cm³/mol. The number of nitrogens with zero attached hydrogens (tertiary/aromatic N) is 1. The molecule has 0 radical (unpaired) electrons. The van der Waals surface area contributed by atoms with E-state index in [-0.39, 0.29) is 5.50 Å². The fraction of sp³-hybridized carbons (Fsp3) is 0.222. The molecule has 1 fully saturated rings. The summed E-state index contributed by atoms with van der Waals surface area (Å²) in [4.78, 5) is 0. The summed E-state index contributed by atoms with van der Waals surface area (Å²) in [6.07, 6.45) is 2.16. The van der Waals surface area contributed by atoms with Gasteiger partial charge < -0.3 is 9.88 Å². The Bertz CT molecular complexity index is 796. The van der Waals surface area contributed by atoms with Crippen molar-refractivity contribution in [1.82, 2.24) is 15.4 Å². The van der Waals surface area contributed by atoms with E-state index in [1.165, 1.54) is 16.5 Å². The average molecular weight is 324 g/mol. The number of anilines is 1. The van der Waals surface area contributed by atoms with Gasteiger partial charge in [-0.05, 0) is 36.6 Å². The fourth-order valence-corrected chi connectivity index (χ4v) is 3.89. The summed E-state index contributed by atoms with van der Waals surface area (Å²) in [5.74, 6) is 0. The molecule has 23 heavy (non-hydrogen) atoms. The van der Waals surface area contributed by atoms with E-state index in [0.717, 1.165) is 12.2 Å². The molecule has 0 amide bonds. The molecule has 0 aliphatic carbocycles. The lowest BCUT2D eigenvalue weighted by molar-refractivity contribution is 0.514. The van der Waals surface area contributed by atoms with Crippen LogP contribution in [0.2, 0.25) is 0 Å². The third kappa shape index (κ3) is 3.22. The Morgan fingerprint density at radius 2 is 1.87 bits per heavy atom. The molecule has 4 nitrogen and oxygen atoms in total. The van der Waals surface area contributed by atoms with E-state index in [2.05, 4.69) is 88.5 Å². The summed E-state index contributed by atoms with van der Waals surface area (Å²) >= 11 is 1.86. The molecule has 1 aromatic heterocycles. The van der Waals surface area contributed by atoms with Crippen LogP contribution < -0.4 is 16.2 Å². The maximum absolute atomic E-state index is 3.49. The van der Waals surface area contributed by atoms with Crippen molar-refractivity contribution in [2.24, 2.45) is 0 Å². The highest BCUT2D eigenvalue weighted by Gasteiger charge is 2.24. The molecule has 2 unspecified atom stereocenters. The summed E-state index contributed by atoms with van der Waals surface area (Å²) in [7, 11) is 0. The molecule has 3 aromatic rings. The van der Waals surface area contributed by atoms with Crippen molar-refractivity contribution in [2.75, 3.05) is 5.32 Å². The van der Waals surface area contributed by atoms with Gasteiger partial charge >= 0.3 is 0 Å². The smallest absolute Gasteiger partial charge is 0.139 e. The molecular weight excluding hydrogens is 304 g/mol. The Morgan fingerprint density at radius 1 is 1.04 bits per heavy atom. The fourth-order valence-electron chi connectivity index (χ4n) is 2.84. The number of benzene rings is 2. The number of aryl methyl sites for hydroxylation is 1. The minimum Gasteiger partial charge on any atom is -0.360 e. The third-order valence-corrected chi connectivity index (χ3v) is 5.17. The summed E-state index contributed by atoms with van der Waals surface area (Å²) < 4.78 is 2.30. The number of hydrogen-bond donors (Lipinski definition) is 3. The van der Waals surface area contributed by atoms with E-state index in [1.807, 2.05) is 11.8 Å². The Hall–Kier alpha value is -1.95. The van der Waals surface area contributed by atoms with Gasteiger partial charge in [0, 0.05) is 23.9 Å². The van der Waals surface area contributed by atoms with Gasteiger partial charge in [-0.1, -0.05) is 47.7 Å². The van der Waals surface area contributed by atoms with Crippen molar-refractivity contribution >= 4 is 28.4 Å². The first-order valence-electron chi connectivity index (χ1n) is 7.81. The summed E-state index contributed by atoms with van der Waals surface area (Å²) in [5.41, 5.74) is 10.6. The average Bonchev–Trinajstić information content (AvgIpc) is 3.18. The first-order valence-corrected chi connectivity index (χ1v) is 8.76.